The fourth-order valence-corrected chi connectivity index (χ4v) is 3.75. The van der Waals surface area contributed by atoms with Crippen LogP contribution in [0.3, 0.4) is 0 Å². The number of aliphatic hydroxyl groups excluding tert-OH is 1. The summed E-state index contributed by atoms with van der Waals surface area (Å²) in [7, 11) is 0. The van der Waals surface area contributed by atoms with Crippen molar-refractivity contribution < 1.29 is 5.11 Å². The van der Waals surface area contributed by atoms with Crippen LogP contribution < -0.4 is 0 Å². The molecule has 2 rings (SSSR count). The Bertz CT molecular complexity index is 363. The van der Waals surface area contributed by atoms with Gasteiger partial charge in [0.1, 0.15) is 0 Å². The van der Waals surface area contributed by atoms with Crippen LogP contribution in [0.1, 0.15) is 44.8 Å². The molecule has 1 N–H and O–H groups in total. The van der Waals surface area contributed by atoms with Crippen molar-refractivity contribution in [2.75, 3.05) is 6.26 Å². The quantitative estimate of drug-likeness (QED) is 0.810. The molecule has 0 aromatic heterocycles. The molecule has 0 heterocycles. The maximum Gasteiger partial charge on any atom is 0.0818 e. The minimum Gasteiger partial charge on any atom is -0.388 e. The Morgan fingerprint density at radius 1 is 1.06 bits per heavy atom. The lowest BCUT2D eigenvalue weighted by Gasteiger charge is -2.34. The molecule has 0 spiro atoms. The summed E-state index contributed by atoms with van der Waals surface area (Å²) >= 11 is 1.74. The van der Waals surface area contributed by atoms with E-state index >= 15 is 0 Å². The van der Waals surface area contributed by atoms with Crippen molar-refractivity contribution in [2.45, 2.75) is 44.1 Å². The van der Waals surface area contributed by atoms with Crippen molar-refractivity contribution in [1.82, 2.24) is 0 Å². The minimum atomic E-state index is -0.286. The Morgan fingerprint density at radius 3 is 2.11 bits per heavy atom. The molecule has 1 fully saturated rings. The molecule has 100 valence electrons. The molecule has 0 radical (unpaired) electrons. The molecule has 2 heteroatoms. The Kier molecular flexibility index (Phi) is 4.74. The van der Waals surface area contributed by atoms with Gasteiger partial charge in [-0.2, -0.15) is 0 Å². The van der Waals surface area contributed by atoms with Gasteiger partial charge in [0, 0.05) is 4.90 Å². The predicted molar refractivity (Wildman–Crippen MR) is 78.9 cm³/mol. The maximum absolute atomic E-state index is 10.5. The summed E-state index contributed by atoms with van der Waals surface area (Å²) < 4.78 is 0. The van der Waals surface area contributed by atoms with Crippen LogP contribution in [0.5, 0.6) is 0 Å². The van der Waals surface area contributed by atoms with E-state index in [0.29, 0.717) is 5.92 Å². The van der Waals surface area contributed by atoms with Gasteiger partial charge in [-0.25, -0.2) is 0 Å². The van der Waals surface area contributed by atoms with Crippen molar-refractivity contribution in [3.63, 3.8) is 0 Å². The number of thioether (sulfide) groups is 1. The highest BCUT2D eigenvalue weighted by molar-refractivity contribution is 7.98. The van der Waals surface area contributed by atoms with Crippen molar-refractivity contribution >= 4 is 11.8 Å². The van der Waals surface area contributed by atoms with Crippen LogP contribution in [-0.2, 0) is 0 Å². The number of aliphatic hydroxyl groups is 1. The van der Waals surface area contributed by atoms with E-state index in [4.69, 9.17) is 0 Å². The predicted octanol–water partition coefficient (Wildman–Crippen LogP) is 4.51. The minimum absolute atomic E-state index is 0.286. The van der Waals surface area contributed by atoms with Gasteiger partial charge < -0.3 is 5.11 Å². The van der Waals surface area contributed by atoms with Gasteiger partial charge >= 0.3 is 0 Å². The topological polar surface area (TPSA) is 20.2 Å². The van der Waals surface area contributed by atoms with Crippen molar-refractivity contribution in [2.24, 2.45) is 17.8 Å². The molecule has 1 aliphatic rings. The molecule has 0 saturated heterocycles. The average molecular weight is 264 g/mol. The van der Waals surface area contributed by atoms with E-state index in [1.165, 1.54) is 11.3 Å². The lowest BCUT2D eigenvalue weighted by molar-refractivity contribution is 0.0551. The third-order valence-electron chi connectivity index (χ3n) is 4.12. The van der Waals surface area contributed by atoms with Crippen LogP contribution in [0.4, 0.5) is 0 Å². The van der Waals surface area contributed by atoms with Gasteiger partial charge in [0.15, 0.2) is 0 Å². The van der Waals surface area contributed by atoms with Gasteiger partial charge in [-0.3, -0.25) is 0 Å². The largest absolute Gasteiger partial charge is 0.388 e. The van der Waals surface area contributed by atoms with E-state index in [1.54, 1.807) is 11.8 Å². The standard InChI is InChI=1S/C16H24OS/c1-11-8-12(2)10-14(9-11)16(17)13-4-6-15(18-3)7-5-13/h4-7,11-12,14,16-17H,8-10H2,1-3H3. The monoisotopic (exact) mass is 264 g/mol. The van der Waals surface area contributed by atoms with Crippen LogP contribution in [0.15, 0.2) is 29.2 Å². The molecule has 3 atom stereocenters. The summed E-state index contributed by atoms with van der Waals surface area (Å²) in [4.78, 5) is 1.26. The molecule has 0 aliphatic heterocycles. The molecule has 1 aromatic carbocycles. The normalized spacial score (nSPS) is 30.1. The maximum atomic E-state index is 10.5. The zero-order valence-corrected chi connectivity index (χ0v) is 12.4. The molecule has 0 bridgehead atoms. The smallest absolute Gasteiger partial charge is 0.0818 e. The Morgan fingerprint density at radius 2 is 1.61 bits per heavy atom. The van der Waals surface area contributed by atoms with Crippen LogP contribution >= 0.6 is 11.8 Å². The summed E-state index contributed by atoms with van der Waals surface area (Å²) in [5, 5.41) is 10.5. The lowest BCUT2D eigenvalue weighted by atomic mass is 9.73. The number of rotatable bonds is 3. The van der Waals surface area contributed by atoms with Gasteiger partial charge in [-0.15, -0.1) is 11.8 Å². The molecule has 0 amide bonds. The second-order valence-electron chi connectivity index (χ2n) is 5.90. The first kappa shape index (κ1) is 14.0. The van der Waals surface area contributed by atoms with Crippen molar-refractivity contribution in [3.8, 4) is 0 Å². The van der Waals surface area contributed by atoms with Gasteiger partial charge in [0.25, 0.3) is 0 Å². The van der Waals surface area contributed by atoms with Crippen LogP contribution in [-0.4, -0.2) is 11.4 Å². The highest BCUT2D eigenvalue weighted by Gasteiger charge is 2.29. The van der Waals surface area contributed by atoms with Crippen molar-refractivity contribution in [1.29, 1.82) is 0 Å². The molecule has 1 saturated carbocycles. The summed E-state index contributed by atoms with van der Waals surface area (Å²) in [6.07, 6.45) is 5.43. The fraction of sp³-hybridized carbons (Fsp3) is 0.625. The molecular weight excluding hydrogens is 240 g/mol. The number of hydrogen-bond donors (Lipinski definition) is 1. The van der Waals surface area contributed by atoms with E-state index in [1.807, 2.05) is 0 Å². The highest BCUT2D eigenvalue weighted by atomic mass is 32.2. The van der Waals surface area contributed by atoms with E-state index in [9.17, 15) is 5.11 Å². The van der Waals surface area contributed by atoms with E-state index in [2.05, 4.69) is 44.4 Å². The number of hydrogen-bond acceptors (Lipinski definition) is 2. The zero-order valence-electron chi connectivity index (χ0n) is 11.6. The van der Waals surface area contributed by atoms with Gasteiger partial charge in [-0.05, 0) is 61.0 Å². The van der Waals surface area contributed by atoms with Crippen molar-refractivity contribution in [3.05, 3.63) is 29.8 Å². The molecule has 1 nitrogen and oxygen atoms in total. The second-order valence-corrected chi connectivity index (χ2v) is 6.78. The van der Waals surface area contributed by atoms with E-state index in [0.717, 1.165) is 30.2 Å². The Labute approximate surface area is 115 Å². The van der Waals surface area contributed by atoms with Gasteiger partial charge in [0.2, 0.25) is 0 Å². The van der Waals surface area contributed by atoms with Crippen LogP contribution in [0, 0.1) is 17.8 Å². The first-order valence-electron chi connectivity index (χ1n) is 6.92. The number of benzene rings is 1. The lowest BCUT2D eigenvalue weighted by Crippen LogP contribution is -2.24. The Hall–Kier alpha value is -0.470. The molecular formula is C16H24OS. The molecule has 1 aliphatic carbocycles. The highest BCUT2D eigenvalue weighted by Crippen LogP contribution is 2.39. The summed E-state index contributed by atoms with van der Waals surface area (Å²) in [5.74, 6) is 1.93. The molecule has 3 unspecified atom stereocenters. The summed E-state index contributed by atoms with van der Waals surface area (Å²) in [6, 6.07) is 8.39. The van der Waals surface area contributed by atoms with E-state index < -0.39 is 0 Å². The summed E-state index contributed by atoms with van der Waals surface area (Å²) in [6.45, 7) is 4.62. The second kappa shape index (κ2) is 6.12. The SMILES string of the molecule is CSc1ccc(C(O)C2CC(C)CC(C)C2)cc1. The first-order valence-corrected chi connectivity index (χ1v) is 8.14. The van der Waals surface area contributed by atoms with E-state index in [-0.39, 0.29) is 6.10 Å². The van der Waals surface area contributed by atoms with Gasteiger partial charge in [-0.1, -0.05) is 26.0 Å². The third kappa shape index (κ3) is 3.30. The third-order valence-corrected chi connectivity index (χ3v) is 4.86. The van der Waals surface area contributed by atoms with Gasteiger partial charge in [0.05, 0.1) is 6.10 Å². The van der Waals surface area contributed by atoms with Crippen LogP contribution in [0.25, 0.3) is 0 Å². The zero-order chi connectivity index (χ0) is 13.1. The first-order chi connectivity index (χ1) is 8.60. The average Bonchev–Trinajstić information content (AvgIpc) is 2.37. The molecule has 1 aromatic rings. The van der Waals surface area contributed by atoms with Crippen LogP contribution in [0.2, 0.25) is 0 Å². The molecule has 18 heavy (non-hydrogen) atoms. The fourth-order valence-electron chi connectivity index (χ4n) is 3.34. The Balaban J connectivity index is 2.07. The summed E-state index contributed by atoms with van der Waals surface area (Å²) in [5.41, 5.74) is 1.08.